The van der Waals surface area contributed by atoms with Gasteiger partial charge < -0.3 is 10.1 Å². The molecule has 118 valence electrons. The molecule has 4 heteroatoms. The maximum absolute atomic E-state index is 5.93. The van der Waals surface area contributed by atoms with E-state index in [9.17, 15) is 0 Å². The zero-order valence-corrected chi connectivity index (χ0v) is 14.1. The van der Waals surface area contributed by atoms with Crippen LogP contribution in [0, 0.1) is 6.92 Å². The molecule has 22 heavy (non-hydrogen) atoms. The third-order valence-corrected chi connectivity index (χ3v) is 4.26. The van der Waals surface area contributed by atoms with Crippen molar-refractivity contribution in [2.75, 3.05) is 0 Å². The van der Waals surface area contributed by atoms with Crippen LogP contribution in [-0.2, 0) is 20.0 Å². The van der Waals surface area contributed by atoms with Crippen LogP contribution in [0.3, 0.4) is 0 Å². The average molecular weight is 299 g/mol. The van der Waals surface area contributed by atoms with Gasteiger partial charge in [0.1, 0.15) is 11.4 Å². The maximum Gasteiger partial charge on any atom is 0.123 e. The molecule has 2 heterocycles. The standard InChI is InChI=1S/C18H25N3O/c1-12(16-11-21(5)20-13(16)2)19-10-14-6-7-17-15(8-14)9-18(3,4)22-17/h6-8,11-12,19H,9-10H2,1-5H3/t12-/m0/s1. The van der Waals surface area contributed by atoms with Crippen molar-refractivity contribution in [2.24, 2.45) is 7.05 Å². The number of nitrogens with zero attached hydrogens (tertiary/aromatic N) is 2. The van der Waals surface area contributed by atoms with Crippen molar-refractivity contribution in [3.8, 4) is 5.75 Å². The molecule has 0 radical (unpaired) electrons. The van der Waals surface area contributed by atoms with E-state index in [0.29, 0.717) is 0 Å². The second-order valence-electron chi connectivity index (χ2n) is 6.93. The molecule has 0 saturated heterocycles. The second-order valence-corrected chi connectivity index (χ2v) is 6.93. The van der Waals surface area contributed by atoms with Crippen LogP contribution >= 0.6 is 0 Å². The predicted molar refractivity (Wildman–Crippen MR) is 88.1 cm³/mol. The second kappa shape index (κ2) is 5.43. The summed E-state index contributed by atoms with van der Waals surface area (Å²) in [4.78, 5) is 0. The molecule has 2 aromatic rings. The van der Waals surface area contributed by atoms with Gasteiger partial charge in [-0.05, 0) is 44.9 Å². The highest BCUT2D eigenvalue weighted by atomic mass is 16.5. The summed E-state index contributed by atoms with van der Waals surface area (Å²) in [6.45, 7) is 9.37. The van der Waals surface area contributed by atoms with Gasteiger partial charge in [0.15, 0.2) is 0 Å². The Labute approximate surface area is 132 Å². The van der Waals surface area contributed by atoms with Crippen molar-refractivity contribution >= 4 is 0 Å². The number of fused-ring (bicyclic) bond motifs is 1. The minimum atomic E-state index is -0.0749. The third kappa shape index (κ3) is 3.02. The largest absolute Gasteiger partial charge is 0.487 e. The highest BCUT2D eigenvalue weighted by molar-refractivity contribution is 5.41. The van der Waals surface area contributed by atoms with E-state index in [0.717, 1.165) is 24.4 Å². The van der Waals surface area contributed by atoms with Crippen LogP contribution in [0.5, 0.6) is 5.75 Å². The molecule has 0 fully saturated rings. The zero-order chi connectivity index (χ0) is 15.9. The first-order valence-corrected chi connectivity index (χ1v) is 7.88. The maximum atomic E-state index is 5.93. The quantitative estimate of drug-likeness (QED) is 0.941. The average Bonchev–Trinajstić information content (AvgIpc) is 2.92. The Morgan fingerprint density at radius 1 is 1.41 bits per heavy atom. The highest BCUT2D eigenvalue weighted by Gasteiger charge is 2.29. The lowest BCUT2D eigenvalue weighted by Crippen LogP contribution is -2.24. The van der Waals surface area contributed by atoms with Gasteiger partial charge in [-0.2, -0.15) is 5.10 Å². The van der Waals surface area contributed by atoms with Crippen molar-refractivity contribution in [1.29, 1.82) is 0 Å². The Hall–Kier alpha value is -1.81. The number of ether oxygens (including phenoxy) is 1. The summed E-state index contributed by atoms with van der Waals surface area (Å²) in [5, 5.41) is 8.00. The van der Waals surface area contributed by atoms with Crippen molar-refractivity contribution in [2.45, 2.75) is 52.3 Å². The van der Waals surface area contributed by atoms with Crippen molar-refractivity contribution in [1.82, 2.24) is 15.1 Å². The SMILES string of the molecule is Cc1nn(C)cc1[C@H](C)NCc1ccc2c(c1)CC(C)(C)O2. The Bertz CT molecular complexity index is 688. The Morgan fingerprint density at radius 2 is 2.18 bits per heavy atom. The summed E-state index contributed by atoms with van der Waals surface area (Å²) < 4.78 is 7.80. The summed E-state index contributed by atoms with van der Waals surface area (Å²) >= 11 is 0. The summed E-state index contributed by atoms with van der Waals surface area (Å²) in [7, 11) is 1.96. The number of hydrogen-bond donors (Lipinski definition) is 1. The Morgan fingerprint density at radius 3 is 2.86 bits per heavy atom. The Kier molecular flexibility index (Phi) is 3.73. The molecule has 0 bridgehead atoms. The summed E-state index contributed by atoms with van der Waals surface area (Å²) in [5.74, 6) is 1.03. The van der Waals surface area contributed by atoms with Crippen LogP contribution in [0.25, 0.3) is 0 Å². The van der Waals surface area contributed by atoms with Gasteiger partial charge in [-0.25, -0.2) is 0 Å². The number of hydrogen-bond acceptors (Lipinski definition) is 3. The van der Waals surface area contributed by atoms with Crippen LogP contribution in [-0.4, -0.2) is 15.4 Å². The number of rotatable bonds is 4. The van der Waals surface area contributed by atoms with Crippen LogP contribution in [0.4, 0.5) is 0 Å². The van der Waals surface area contributed by atoms with Crippen LogP contribution < -0.4 is 10.1 Å². The van der Waals surface area contributed by atoms with E-state index < -0.39 is 0 Å². The Balaban J connectivity index is 1.67. The molecule has 1 N–H and O–H groups in total. The predicted octanol–water partition coefficient (Wildman–Crippen LogP) is 3.29. The normalized spacial score (nSPS) is 17.1. The van der Waals surface area contributed by atoms with Gasteiger partial charge in [0.25, 0.3) is 0 Å². The van der Waals surface area contributed by atoms with Crippen LogP contribution in [0.1, 0.15) is 49.2 Å². The van der Waals surface area contributed by atoms with Gasteiger partial charge >= 0.3 is 0 Å². The fourth-order valence-electron chi connectivity index (χ4n) is 3.20. The minimum Gasteiger partial charge on any atom is -0.487 e. The lowest BCUT2D eigenvalue weighted by Gasteiger charge is -2.16. The lowest BCUT2D eigenvalue weighted by atomic mass is 10.00. The molecule has 0 unspecified atom stereocenters. The number of nitrogens with one attached hydrogen (secondary N) is 1. The van der Waals surface area contributed by atoms with Gasteiger partial charge in [-0.1, -0.05) is 12.1 Å². The molecule has 4 nitrogen and oxygen atoms in total. The first-order valence-electron chi connectivity index (χ1n) is 7.88. The fourth-order valence-corrected chi connectivity index (χ4v) is 3.20. The molecule has 1 aromatic carbocycles. The molecular weight excluding hydrogens is 274 g/mol. The van der Waals surface area contributed by atoms with E-state index in [1.54, 1.807) is 0 Å². The highest BCUT2D eigenvalue weighted by Crippen LogP contribution is 2.35. The van der Waals surface area contributed by atoms with Gasteiger partial charge in [0.2, 0.25) is 0 Å². The summed E-state index contributed by atoms with van der Waals surface area (Å²) in [6.07, 6.45) is 3.07. The topological polar surface area (TPSA) is 39.1 Å². The first kappa shape index (κ1) is 15.1. The zero-order valence-electron chi connectivity index (χ0n) is 14.1. The van der Waals surface area contributed by atoms with Crippen LogP contribution in [0.15, 0.2) is 24.4 Å². The molecular formula is C18H25N3O. The number of benzene rings is 1. The third-order valence-electron chi connectivity index (χ3n) is 4.26. The van der Waals surface area contributed by atoms with Crippen LogP contribution in [0.2, 0.25) is 0 Å². The van der Waals surface area contributed by atoms with Crippen molar-refractivity contribution in [3.63, 3.8) is 0 Å². The van der Waals surface area contributed by atoms with Gasteiger partial charge in [-0.3, -0.25) is 4.68 Å². The molecule has 1 atom stereocenters. The number of aryl methyl sites for hydroxylation is 2. The fraction of sp³-hybridized carbons (Fsp3) is 0.500. The molecule has 1 aromatic heterocycles. The minimum absolute atomic E-state index is 0.0749. The lowest BCUT2D eigenvalue weighted by molar-refractivity contribution is 0.138. The molecule has 0 amide bonds. The summed E-state index contributed by atoms with van der Waals surface area (Å²) in [6, 6.07) is 6.80. The van der Waals surface area contributed by atoms with Crippen molar-refractivity contribution in [3.05, 3.63) is 46.8 Å². The van der Waals surface area contributed by atoms with E-state index in [1.165, 1.54) is 16.7 Å². The van der Waals surface area contributed by atoms with E-state index >= 15 is 0 Å². The molecule has 3 rings (SSSR count). The first-order chi connectivity index (χ1) is 10.3. The van der Waals surface area contributed by atoms with Gasteiger partial charge in [0.05, 0.1) is 5.69 Å². The monoisotopic (exact) mass is 299 g/mol. The van der Waals surface area contributed by atoms with E-state index in [4.69, 9.17) is 4.74 Å². The van der Waals surface area contributed by atoms with Gasteiger partial charge in [-0.15, -0.1) is 0 Å². The van der Waals surface area contributed by atoms with Gasteiger partial charge in [0, 0.05) is 37.8 Å². The smallest absolute Gasteiger partial charge is 0.123 e. The number of aromatic nitrogens is 2. The van der Waals surface area contributed by atoms with E-state index in [1.807, 2.05) is 11.7 Å². The summed E-state index contributed by atoms with van der Waals surface area (Å²) in [5.41, 5.74) is 4.89. The molecule has 0 spiro atoms. The molecule has 0 saturated carbocycles. The van der Waals surface area contributed by atoms with E-state index in [2.05, 4.69) is 62.5 Å². The van der Waals surface area contributed by atoms with E-state index in [-0.39, 0.29) is 11.6 Å². The molecule has 1 aliphatic rings. The van der Waals surface area contributed by atoms with Crippen molar-refractivity contribution < 1.29 is 4.74 Å². The molecule has 0 aliphatic carbocycles. The molecule has 1 aliphatic heterocycles.